The molecule has 0 bridgehead atoms. The van der Waals surface area contributed by atoms with Crippen molar-refractivity contribution in [2.45, 2.75) is 0 Å². The lowest BCUT2D eigenvalue weighted by Gasteiger charge is -2.19. The average Bonchev–Trinajstić information content (AvgIpc) is 2.49. The lowest BCUT2D eigenvalue weighted by Crippen LogP contribution is -2.43. The maximum Gasteiger partial charge on any atom is 0.336 e. The highest BCUT2D eigenvalue weighted by Gasteiger charge is 2.15. The molecule has 1 aromatic carbocycles. The van der Waals surface area contributed by atoms with E-state index in [0.29, 0.717) is 19.8 Å². The number of nitrogens with one attached hydrogen (secondary N) is 1. The Labute approximate surface area is 122 Å². The number of benzene rings is 1. The molecule has 1 rings (SSSR count). The quantitative estimate of drug-likeness (QED) is 0.322. The van der Waals surface area contributed by atoms with Gasteiger partial charge in [-0.25, -0.2) is 20.0 Å². The summed E-state index contributed by atoms with van der Waals surface area (Å²) in [6.07, 6.45) is 0. The Bertz CT molecular complexity index is 459. The van der Waals surface area contributed by atoms with Crippen molar-refractivity contribution in [3.63, 3.8) is 0 Å². The second-order valence-electron chi connectivity index (χ2n) is 3.99. The molecule has 7 nitrogen and oxygen atoms in total. The molecule has 0 heterocycles. The molecule has 0 radical (unpaired) electrons. The van der Waals surface area contributed by atoms with Gasteiger partial charge in [0.1, 0.15) is 23.9 Å². The molecule has 0 unspecified atom stereocenters. The van der Waals surface area contributed by atoms with Crippen LogP contribution in [0.5, 0.6) is 5.75 Å². The summed E-state index contributed by atoms with van der Waals surface area (Å²) in [4.78, 5) is 11.5. The molecule has 0 atom stereocenters. The fourth-order valence-electron chi connectivity index (χ4n) is 1.49. The molecule has 0 aliphatic carbocycles. The zero-order valence-corrected chi connectivity index (χ0v) is 12.1. The van der Waals surface area contributed by atoms with Gasteiger partial charge < -0.3 is 19.5 Å². The van der Waals surface area contributed by atoms with Crippen molar-refractivity contribution in [1.29, 1.82) is 0 Å². The molecule has 118 valence electrons. The minimum absolute atomic E-state index is 0.163. The van der Waals surface area contributed by atoms with E-state index >= 15 is 0 Å². The smallest absolute Gasteiger partial charge is 0.336 e. The number of nitrogens with two attached hydrogens (primary N) is 1. The second-order valence-corrected chi connectivity index (χ2v) is 3.99. The van der Waals surface area contributed by atoms with Crippen LogP contribution < -0.4 is 20.9 Å². The minimum atomic E-state index is -0.539. The Balaban J connectivity index is 2.63. The first kappa shape index (κ1) is 17.2. The highest BCUT2D eigenvalue weighted by atomic mass is 19.1. The molecule has 0 aliphatic rings. The topological polar surface area (TPSA) is 86.1 Å². The van der Waals surface area contributed by atoms with Crippen molar-refractivity contribution in [3.05, 3.63) is 24.0 Å². The van der Waals surface area contributed by atoms with E-state index in [-0.39, 0.29) is 18.0 Å². The molecular weight excluding hydrogens is 281 g/mol. The van der Waals surface area contributed by atoms with Crippen molar-refractivity contribution < 1.29 is 23.4 Å². The van der Waals surface area contributed by atoms with E-state index in [2.05, 4.69) is 5.32 Å². The first-order valence-electron chi connectivity index (χ1n) is 6.35. The molecular formula is C13H20FN3O4. The number of nitrogens with zero attached hydrogens (tertiary/aromatic N) is 1. The van der Waals surface area contributed by atoms with Crippen LogP contribution >= 0.6 is 0 Å². The number of halogens is 1. The fourth-order valence-corrected chi connectivity index (χ4v) is 1.49. The number of carbonyl (C=O) groups excluding carboxylic acids is 1. The van der Waals surface area contributed by atoms with Gasteiger partial charge in [-0.15, -0.1) is 0 Å². The third kappa shape index (κ3) is 5.54. The number of hydrogen-bond acceptors (Lipinski definition) is 5. The predicted octanol–water partition coefficient (Wildman–Crippen LogP) is 0.887. The maximum absolute atomic E-state index is 13.3. The Hall–Kier alpha value is -1.90. The van der Waals surface area contributed by atoms with Crippen molar-refractivity contribution >= 4 is 11.7 Å². The van der Waals surface area contributed by atoms with Crippen LogP contribution in [-0.4, -0.2) is 46.6 Å². The molecule has 3 N–H and O–H groups in total. The highest BCUT2D eigenvalue weighted by molar-refractivity contribution is 5.92. The summed E-state index contributed by atoms with van der Waals surface area (Å²) in [6, 6.07) is 3.18. The van der Waals surface area contributed by atoms with Gasteiger partial charge in [0.15, 0.2) is 0 Å². The Morgan fingerprint density at radius 1 is 1.33 bits per heavy atom. The zero-order valence-electron chi connectivity index (χ0n) is 12.1. The van der Waals surface area contributed by atoms with E-state index in [1.807, 2.05) is 0 Å². The SMILES string of the molecule is CNC(=O)N(N)c1ccc(F)cc1OCCOCCOC. The molecule has 0 spiro atoms. The Kier molecular flexibility index (Phi) is 7.44. The van der Waals surface area contributed by atoms with E-state index < -0.39 is 11.8 Å². The molecule has 2 amide bonds. The Morgan fingerprint density at radius 3 is 2.71 bits per heavy atom. The molecule has 0 saturated heterocycles. The lowest BCUT2D eigenvalue weighted by molar-refractivity contribution is 0.0544. The molecule has 0 fully saturated rings. The average molecular weight is 301 g/mol. The predicted molar refractivity (Wildman–Crippen MR) is 75.7 cm³/mol. The van der Waals surface area contributed by atoms with Gasteiger partial charge in [-0.3, -0.25) is 0 Å². The van der Waals surface area contributed by atoms with E-state index in [0.717, 1.165) is 11.1 Å². The summed E-state index contributed by atoms with van der Waals surface area (Å²) in [5, 5.41) is 3.22. The third-order valence-electron chi connectivity index (χ3n) is 2.53. The summed E-state index contributed by atoms with van der Waals surface area (Å²) in [5.41, 5.74) is 0.257. The normalized spacial score (nSPS) is 10.3. The number of rotatable bonds is 8. The molecule has 1 aromatic rings. The van der Waals surface area contributed by atoms with Crippen molar-refractivity contribution in [2.75, 3.05) is 45.6 Å². The van der Waals surface area contributed by atoms with Crippen LogP contribution in [0.3, 0.4) is 0 Å². The lowest BCUT2D eigenvalue weighted by atomic mass is 10.2. The monoisotopic (exact) mass is 301 g/mol. The maximum atomic E-state index is 13.3. The van der Waals surface area contributed by atoms with Gasteiger partial charge in [-0.1, -0.05) is 0 Å². The molecule has 0 aliphatic heterocycles. The number of methoxy groups -OCH3 is 1. The number of anilines is 1. The van der Waals surface area contributed by atoms with Gasteiger partial charge in [0, 0.05) is 20.2 Å². The van der Waals surface area contributed by atoms with Gasteiger partial charge in [0.05, 0.1) is 19.8 Å². The molecule has 21 heavy (non-hydrogen) atoms. The number of amides is 2. The van der Waals surface area contributed by atoms with Crippen LogP contribution in [0, 0.1) is 5.82 Å². The van der Waals surface area contributed by atoms with Crippen LogP contribution in [-0.2, 0) is 9.47 Å². The van der Waals surface area contributed by atoms with Crippen LogP contribution in [0.1, 0.15) is 0 Å². The highest BCUT2D eigenvalue weighted by Crippen LogP contribution is 2.27. The summed E-state index contributed by atoms with van der Waals surface area (Å²) in [6.45, 7) is 1.43. The van der Waals surface area contributed by atoms with Crippen molar-refractivity contribution in [2.24, 2.45) is 5.84 Å². The van der Waals surface area contributed by atoms with Gasteiger partial charge in [0.25, 0.3) is 0 Å². The summed E-state index contributed by atoms with van der Waals surface area (Å²) in [7, 11) is 3.02. The van der Waals surface area contributed by atoms with E-state index in [1.54, 1.807) is 7.11 Å². The van der Waals surface area contributed by atoms with Crippen LogP contribution in [0.15, 0.2) is 18.2 Å². The van der Waals surface area contributed by atoms with Crippen LogP contribution in [0.4, 0.5) is 14.9 Å². The van der Waals surface area contributed by atoms with Gasteiger partial charge >= 0.3 is 6.03 Å². The van der Waals surface area contributed by atoms with Crippen molar-refractivity contribution in [1.82, 2.24) is 5.32 Å². The van der Waals surface area contributed by atoms with Gasteiger partial charge in [-0.2, -0.15) is 0 Å². The van der Waals surface area contributed by atoms with Crippen molar-refractivity contribution in [3.8, 4) is 5.75 Å². The number of carbonyl (C=O) groups is 1. The second kappa shape index (κ2) is 9.11. The minimum Gasteiger partial charge on any atom is -0.489 e. The summed E-state index contributed by atoms with van der Waals surface area (Å²) >= 11 is 0. The van der Waals surface area contributed by atoms with E-state index in [1.165, 1.54) is 19.2 Å². The molecule has 0 saturated carbocycles. The molecule has 0 aromatic heterocycles. The summed E-state index contributed by atoms with van der Waals surface area (Å²) in [5.74, 6) is 5.32. The van der Waals surface area contributed by atoms with Crippen LogP contribution in [0.2, 0.25) is 0 Å². The first-order chi connectivity index (χ1) is 10.1. The standard InChI is InChI=1S/C13H20FN3O4/c1-16-13(18)17(15)11-4-3-10(14)9-12(11)21-8-7-20-6-5-19-2/h3-4,9H,5-8,15H2,1-2H3,(H,16,18). The number of hydrazine groups is 1. The van der Waals surface area contributed by atoms with E-state index in [9.17, 15) is 9.18 Å². The molecule has 8 heteroatoms. The van der Waals surface area contributed by atoms with Crippen LogP contribution in [0.25, 0.3) is 0 Å². The number of ether oxygens (including phenoxy) is 3. The number of urea groups is 1. The van der Waals surface area contributed by atoms with Gasteiger partial charge in [0.2, 0.25) is 0 Å². The summed E-state index contributed by atoms with van der Waals surface area (Å²) < 4.78 is 28.7. The third-order valence-corrected chi connectivity index (χ3v) is 2.53. The number of hydrogen-bond donors (Lipinski definition) is 2. The Morgan fingerprint density at radius 2 is 2.05 bits per heavy atom. The largest absolute Gasteiger partial charge is 0.489 e. The van der Waals surface area contributed by atoms with Gasteiger partial charge in [-0.05, 0) is 12.1 Å². The van der Waals surface area contributed by atoms with E-state index in [4.69, 9.17) is 20.1 Å². The first-order valence-corrected chi connectivity index (χ1v) is 6.35. The zero-order chi connectivity index (χ0) is 15.7. The fraction of sp³-hybridized carbons (Fsp3) is 0.462.